The summed E-state index contributed by atoms with van der Waals surface area (Å²) in [7, 11) is 0. The van der Waals surface area contributed by atoms with Crippen LogP contribution in [0, 0.1) is 18.3 Å². The lowest BCUT2D eigenvalue weighted by Gasteiger charge is -2.44. The number of nitriles is 1. The van der Waals surface area contributed by atoms with E-state index in [1.807, 2.05) is 25.1 Å². The summed E-state index contributed by atoms with van der Waals surface area (Å²) in [6, 6.07) is 13.9. The smallest absolute Gasteiger partial charge is 0.303 e. The molecule has 0 aliphatic carbocycles. The van der Waals surface area contributed by atoms with Gasteiger partial charge in [0.05, 0.1) is 11.6 Å². The molecule has 0 aromatic heterocycles. The maximum absolute atomic E-state index is 12.3. The van der Waals surface area contributed by atoms with Crippen molar-refractivity contribution in [1.82, 2.24) is 0 Å². The Morgan fingerprint density at radius 2 is 1.39 bits per heavy atom. The van der Waals surface area contributed by atoms with E-state index in [2.05, 4.69) is 25.1 Å². The first-order valence-electron chi connectivity index (χ1n) is 13.3. The lowest BCUT2D eigenvalue weighted by atomic mass is 9.86. The number of esters is 4. The second kappa shape index (κ2) is 13.9. The van der Waals surface area contributed by atoms with E-state index in [0.29, 0.717) is 12.0 Å². The Kier molecular flexibility index (Phi) is 10.6. The van der Waals surface area contributed by atoms with Crippen molar-refractivity contribution in [1.29, 1.82) is 5.26 Å². The molecule has 0 unspecified atom stereocenters. The molecule has 1 heterocycles. The number of benzene rings is 2. The zero-order valence-corrected chi connectivity index (χ0v) is 24.1. The fraction of sp³-hybridized carbons (Fsp3) is 0.452. The molecule has 0 radical (unpaired) electrons. The predicted octanol–water partition coefficient (Wildman–Crippen LogP) is 3.82. The molecule has 10 heteroatoms. The Balaban J connectivity index is 2.15. The Morgan fingerprint density at radius 3 is 1.93 bits per heavy atom. The van der Waals surface area contributed by atoms with Gasteiger partial charge in [0, 0.05) is 33.3 Å². The number of carbonyl (C=O) groups excluding carboxylic acids is 4. The van der Waals surface area contributed by atoms with Crippen LogP contribution in [0.2, 0.25) is 0 Å². The van der Waals surface area contributed by atoms with Gasteiger partial charge in [-0.15, -0.1) is 0 Å². The Hall–Kier alpha value is -4.23. The third-order valence-electron chi connectivity index (χ3n) is 6.75. The van der Waals surface area contributed by atoms with E-state index < -0.39 is 54.4 Å². The van der Waals surface area contributed by atoms with Gasteiger partial charge in [0.25, 0.3) is 0 Å². The van der Waals surface area contributed by atoms with Crippen LogP contribution in [0.3, 0.4) is 0 Å². The number of rotatable bonds is 9. The van der Waals surface area contributed by atoms with Gasteiger partial charge < -0.3 is 23.7 Å². The SMILES string of the molecule is CCc1ccc(Cc2cc([C@@H]3O[C@H](COC(C)=O)[C@@H](OC(C)=O)[C@H](OC(C)=O)[C@H]3OC(C)=O)c(C#N)cc2C)cc1. The van der Waals surface area contributed by atoms with Gasteiger partial charge in [-0.1, -0.05) is 37.3 Å². The topological polar surface area (TPSA) is 138 Å². The molecule has 218 valence electrons. The van der Waals surface area contributed by atoms with E-state index in [0.717, 1.165) is 37.0 Å². The number of hydrogen-bond donors (Lipinski definition) is 0. The summed E-state index contributed by atoms with van der Waals surface area (Å²) in [6.45, 7) is 8.34. The third kappa shape index (κ3) is 8.14. The monoisotopic (exact) mass is 565 g/mol. The van der Waals surface area contributed by atoms with Gasteiger partial charge in [-0.25, -0.2) is 0 Å². The van der Waals surface area contributed by atoms with Gasteiger partial charge in [-0.05, 0) is 48.1 Å². The summed E-state index contributed by atoms with van der Waals surface area (Å²) in [5.41, 5.74) is 4.68. The van der Waals surface area contributed by atoms with E-state index in [4.69, 9.17) is 23.7 Å². The normalized spacial score (nSPS) is 21.7. The molecule has 0 spiro atoms. The van der Waals surface area contributed by atoms with E-state index in [-0.39, 0.29) is 12.2 Å². The van der Waals surface area contributed by atoms with Crippen molar-refractivity contribution in [3.63, 3.8) is 0 Å². The number of nitrogens with zero attached hydrogens (tertiary/aromatic N) is 1. The molecule has 0 N–H and O–H groups in total. The van der Waals surface area contributed by atoms with Gasteiger partial charge in [-0.2, -0.15) is 5.26 Å². The molecule has 1 fully saturated rings. The molecule has 10 nitrogen and oxygen atoms in total. The van der Waals surface area contributed by atoms with Gasteiger partial charge in [-0.3, -0.25) is 19.2 Å². The first kappa shape index (κ1) is 31.3. The summed E-state index contributed by atoms with van der Waals surface area (Å²) in [5.74, 6) is -2.75. The summed E-state index contributed by atoms with van der Waals surface area (Å²) >= 11 is 0. The van der Waals surface area contributed by atoms with Crippen LogP contribution in [0.25, 0.3) is 0 Å². The second-order valence-electron chi connectivity index (χ2n) is 9.94. The summed E-state index contributed by atoms with van der Waals surface area (Å²) in [5, 5.41) is 10.1. The highest BCUT2D eigenvalue weighted by Crippen LogP contribution is 2.39. The van der Waals surface area contributed by atoms with Crippen molar-refractivity contribution >= 4 is 23.9 Å². The van der Waals surface area contributed by atoms with E-state index >= 15 is 0 Å². The molecule has 3 rings (SSSR count). The number of ether oxygens (including phenoxy) is 5. The van der Waals surface area contributed by atoms with Crippen molar-refractivity contribution < 1.29 is 42.9 Å². The molecular weight excluding hydrogens is 530 g/mol. The molecule has 2 aromatic carbocycles. The van der Waals surface area contributed by atoms with E-state index in [1.54, 1.807) is 6.07 Å². The second-order valence-corrected chi connectivity index (χ2v) is 9.94. The van der Waals surface area contributed by atoms with Crippen LogP contribution < -0.4 is 0 Å². The average Bonchev–Trinajstić information content (AvgIpc) is 2.90. The van der Waals surface area contributed by atoms with Crippen molar-refractivity contribution in [2.45, 2.75) is 84.9 Å². The van der Waals surface area contributed by atoms with Crippen molar-refractivity contribution in [3.8, 4) is 6.07 Å². The van der Waals surface area contributed by atoms with Gasteiger partial charge in [0.2, 0.25) is 0 Å². The molecule has 0 saturated carbocycles. The van der Waals surface area contributed by atoms with Crippen LogP contribution in [-0.4, -0.2) is 54.9 Å². The molecule has 0 bridgehead atoms. The first-order chi connectivity index (χ1) is 19.4. The minimum atomic E-state index is -1.32. The quantitative estimate of drug-likeness (QED) is 0.326. The maximum Gasteiger partial charge on any atom is 0.303 e. The Bertz CT molecular complexity index is 1330. The fourth-order valence-electron chi connectivity index (χ4n) is 4.89. The lowest BCUT2D eigenvalue weighted by molar-refractivity contribution is -0.254. The number of hydrogen-bond acceptors (Lipinski definition) is 10. The van der Waals surface area contributed by atoms with Crippen LogP contribution in [0.5, 0.6) is 0 Å². The van der Waals surface area contributed by atoms with Crippen LogP contribution in [0.4, 0.5) is 0 Å². The largest absolute Gasteiger partial charge is 0.463 e. The summed E-state index contributed by atoms with van der Waals surface area (Å²) in [6.07, 6.45) is -4.65. The highest BCUT2D eigenvalue weighted by molar-refractivity contribution is 5.69. The fourth-order valence-corrected chi connectivity index (χ4v) is 4.89. The molecule has 0 amide bonds. The third-order valence-corrected chi connectivity index (χ3v) is 6.75. The number of aryl methyl sites for hydroxylation is 2. The van der Waals surface area contributed by atoms with Crippen molar-refractivity contribution in [2.24, 2.45) is 0 Å². The van der Waals surface area contributed by atoms with E-state index in [9.17, 15) is 24.4 Å². The van der Waals surface area contributed by atoms with Gasteiger partial charge in [0.1, 0.15) is 18.8 Å². The first-order valence-corrected chi connectivity index (χ1v) is 13.3. The molecule has 1 aliphatic heterocycles. The van der Waals surface area contributed by atoms with Crippen molar-refractivity contribution in [2.75, 3.05) is 6.61 Å². The zero-order chi connectivity index (χ0) is 30.3. The predicted molar refractivity (Wildman–Crippen MR) is 145 cm³/mol. The highest BCUT2D eigenvalue weighted by atomic mass is 16.7. The molecule has 5 atom stereocenters. The molecule has 1 aliphatic rings. The minimum absolute atomic E-state index is 0.258. The Labute approximate surface area is 239 Å². The molecule has 1 saturated heterocycles. The minimum Gasteiger partial charge on any atom is -0.463 e. The van der Waals surface area contributed by atoms with Gasteiger partial charge >= 0.3 is 23.9 Å². The Morgan fingerprint density at radius 1 is 0.829 bits per heavy atom. The van der Waals surface area contributed by atoms with Crippen molar-refractivity contribution in [3.05, 3.63) is 69.8 Å². The molecule has 41 heavy (non-hydrogen) atoms. The number of carbonyl (C=O) groups is 4. The van der Waals surface area contributed by atoms with Gasteiger partial charge in [0.15, 0.2) is 18.3 Å². The average molecular weight is 566 g/mol. The van der Waals surface area contributed by atoms with Crippen LogP contribution in [0.1, 0.15) is 74.1 Å². The van der Waals surface area contributed by atoms with E-state index in [1.165, 1.54) is 19.4 Å². The van der Waals surface area contributed by atoms with Crippen LogP contribution in [0.15, 0.2) is 36.4 Å². The molecular formula is C31H35NO9. The molecule has 2 aromatic rings. The van der Waals surface area contributed by atoms with Crippen LogP contribution in [-0.2, 0) is 55.7 Å². The maximum atomic E-state index is 12.3. The van der Waals surface area contributed by atoms with Crippen LogP contribution >= 0.6 is 0 Å². The standard InChI is InChI=1S/C31H35NO9/c1-7-22-8-10-23(11-9-22)13-24-14-26(25(15-32)12-17(24)2)28-30(39-20(5)35)31(40-21(6)36)29(38-19(4)34)27(41-28)16-37-18(3)33/h8-12,14,27-31H,7,13,16H2,1-6H3/t27-,28+,29-,30+,31+/m1/s1. The summed E-state index contributed by atoms with van der Waals surface area (Å²) < 4.78 is 28.1. The highest BCUT2D eigenvalue weighted by Gasteiger charge is 2.53. The lowest BCUT2D eigenvalue weighted by Crippen LogP contribution is -2.59. The summed E-state index contributed by atoms with van der Waals surface area (Å²) in [4.78, 5) is 48.1. The zero-order valence-electron chi connectivity index (χ0n) is 24.1.